The quantitative estimate of drug-likeness (QED) is 0.466. The lowest BCUT2D eigenvalue weighted by Crippen LogP contribution is -2.36. The van der Waals surface area contributed by atoms with Crippen molar-refractivity contribution in [3.8, 4) is 0 Å². The van der Waals surface area contributed by atoms with E-state index in [1.807, 2.05) is 0 Å². The number of hydrogen-bond acceptors (Lipinski definition) is 5. The molecule has 0 spiro atoms. The lowest BCUT2D eigenvalue weighted by molar-refractivity contribution is -0.137. The van der Waals surface area contributed by atoms with Crippen LogP contribution in [0.1, 0.15) is 6.92 Å². The van der Waals surface area contributed by atoms with Gasteiger partial charge in [0.05, 0.1) is 12.1 Å². The molecule has 0 amide bonds. The topological polar surface area (TPSA) is 98.5 Å². The molecule has 8 heteroatoms. The number of hydrogen-bond donors (Lipinski definition) is 2. The summed E-state index contributed by atoms with van der Waals surface area (Å²) in [6.07, 6.45) is 0. The maximum atomic E-state index is 11.2. The summed E-state index contributed by atoms with van der Waals surface area (Å²) in [5.41, 5.74) is 5.30. The Kier molecular flexibility index (Phi) is 5.69. The van der Waals surface area contributed by atoms with Crippen LogP contribution < -0.4 is 10.5 Å². The van der Waals surface area contributed by atoms with Crippen molar-refractivity contribution in [2.45, 2.75) is 6.92 Å². The molecule has 0 rings (SSSR count). The Morgan fingerprint density at radius 2 is 2.13 bits per heavy atom. The first kappa shape index (κ1) is 14.3. The number of nitrogens with two attached hydrogens (primary N) is 1. The second-order valence-electron chi connectivity index (χ2n) is 2.99. The molecule has 6 nitrogen and oxygen atoms in total. The van der Waals surface area contributed by atoms with Crippen molar-refractivity contribution in [2.24, 2.45) is 11.7 Å². The van der Waals surface area contributed by atoms with E-state index in [2.05, 4.69) is 21.7 Å². The molecule has 88 valence electrons. The highest BCUT2D eigenvalue weighted by Gasteiger charge is 2.17. The fraction of sp³-hybridized carbons (Fsp3) is 0.714. The van der Waals surface area contributed by atoms with Gasteiger partial charge >= 0.3 is 5.97 Å². The molecule has 0 aromatic heterocycles. The van der Waals surface area contributed by atoms with Crippen LogP contribution in [0.25, 0.3) is 0 Å². The van der Waals surface area contributed by atoms with Crippen LogP contribution in [0, 0.1) is 5.92 Å². The molecule has 0 aliphatic heterocycles. The fourth-order valence-corrected chi connectivity index (χ4v) is 1.74. The van der Waals surface area contributed by atoms with Gasteiger partial charge in [-0.15, -0.1) is 0 Å². The zero-order valence-corrected chi connectivity index (χ0v) is 10.2. The third-order valence-electron chi connectivity index (χ3n) is 1.63. The smallest absolute Gasteiger partial charge is 0.322 e. The van der Waals surface area contributed by atoms with Gasteiger partial charge in [-0.25, -0.2) is 13.1 Å². The predicted molar refractivity (Wildman–Crippen MR) is 59.8 cm³/mol. The van der Waals surface area contributed by atoms with Crippen molar-refractivity contribution in [1.29, 1.82) is 0 Å². The molecule has 15 heavy (non-hydrogen) atoms. The van der Waals surface area contributed by atoms with Crippen molar-refractivity contribution >= 4 is 33.2 Å². The van der Waals surface area contributed by atoms with Gasteiger partial charge in [0, 0.05) is 12.5 Å². The summed E-state index contributed by atoms with van der Waals surface area (Å²) in [5.74, 6) is -1.77. The molecule has 1 unspecified atom stereocenters. The molecule has 0 aromatic rings. The minimum absolute atomic E-state index is 0.0780. The Morgan fingerprint density at radius 1 is 1.60 bits per heavy atom. The first-order chi connectivity index (χ1) is 6.78. The summed E-state index contributed by atoms with van der Waals surface area (Å²) in [6.45, 7) is 1.76. The molecule has 1 atom stereocenters. The second kappa shape index (κ2) is 5.99. The van der Waals surface area contributed by atoms with Gasteiger partial charge in [0.15, 0.2) is 5.75 Å². The van der Waals surface area contributed by atoms with Gasteiger partial charge in [-0.2, -0.15) is 0 Å². The highest BCUT2D eigenvalue weighted by atomic mass is 32.2. The Hall–Kier alpha value is -0.730. The van der Waals surface area contributed by atoms with Gasteiger partial charge in [0.2, 0.25) is 10.0 Å². The normalized spacial score (nSPS) is 13.2. The monoisotopic (exact) mass is 254 g/mol. The molecule has 3 N–H and O–H groups in total. The summed E-state index contributed by atoms with van der Waals surface area (Å²) >= 11 is 4.67. The van der Waals surface area contributed by atoms with Crippen molar-refractivity contribution in [3.05, 3.63) is 0 Å². The lowest BCUT2D eigenvalue weighted by Gasteiger charge is -2.10. The summed E-state index contributed by atoms with van der Waals surface area (Å²) in [6, 6.07) is 0. The number of methoxy groups -OCH3 is 1. The van der Waals surface area contributed by atoms with Gasteiger partial charge in [0.25, 0.3) is 0 Å². The molecule has 0 heterocycles. The molecule has 0 aromatic carbocycles. The van der Waals surface area contributed by atoms with E-state index in [-0.39, 0.29) is 17.5 Å². The average molecular weight is 254 g/mol. The molecule has 0 fully saturated rings. The molecular weight excluding hydrogens is 240 g/mol. The number of carbonyl (C=O) groups excluding carboxylic acids is 1. The van der Waals surface area contributed by atoms with E-state index < -0.39 is 21.7 Å². The minimum atomic E-state index is -3.66. The van der Waals surface area contributed by atoms with E-state index in [4.69, 9.17) is 5.73 Å². The second-order valence-corrected chi connectivity index (χ2v) is 5.27. The largest absolute Gasteiger partial charge is 0.468 e. The molecular formula is C7H14N2O4S2. The number of thiocarbonyl (C=S) groups is 1. The maximum Gasteiger partial charge on any atom is 0.322 e. The zero-order chi connectivity index (χ0) is 12.1. The van der Waals surface area contributed by atoms with Crippen LogP contribution in [0.4, 0.5) is 0 Å². The van der Waals surface area contributed by atoms with E-state index in [1.54, 1.807) is 6.92 Å². The van der Waals surface area contributed by atoms with Crippen molar-refractivity contribution in [3.63, 3.8) is 0 Å². The van der Waals surface area contributed by atoms with Gasteiger partial charge in [-0.05, 0) is 0 Å². The number of carbonyl (C=O) groups is 1. The summed E-state index contributed by atoms with van der Waals surface area (Å²) in [4.78, 5) is 10.9. The summed E-state index contributed by atoms with van der Waals surface area (Å²) in [5, 5.41) is 0. The van der Waals surface area contributed by atoms with Crippen LogP contribution in [-0.2, 0) is 19.6 Å². The van der Waals surface area contributed by atoms with Crippen LogP contribution in [0.15, 0.2) is 0 Å². The summed E-state index contributed by atoms with van der Waals surface area (Å²) < 4.78 is 28.9. The van der Waals surface area contributed by atoms with Crippen LogP contribution in [-0.4, -0.2) is 38.8 Å². The van der Waals surface area contributed by atoms with Crippen LogP contribution >= 0.6 is 12.2 Å². The highest BCUT2D eigenvalue weighted by molar-refractivity contribution is 7.90. The third kappa shape index (κ3) is 6.37. The summed E-state index contributed by atoms with van der Waals surface area (Å²) in [7, 11) is -2.54. The number of nitrogens with one attached hydrogen (secondary N) is 1. The number of ether oxygens (including phenoxy) is 1. The van der Waals surface area contributed by atoms with E-state index >= 15 is 0 Å². The molecule has 0 aliphatic rings. The van der Waals surface area contributed by atoms with Crippen LogP contribution in [0.5, 0.6) is 0 Å². The van der Waals surface area contributed by atoms with Gasteiger partial charge < -0.3 is 10.5 Å². The van der Waals surface area contributed by atoms with Crippen LogP contribution in [0.2, 0.25) is 0 Å². The highest BCUT2D eigenvalue weighted by Crippen LogP contribution is 1.95. The lowest BCUT2D eigenvalue weighted by atomic mass is 10.2. The van der Waals surface area contributed by atoms with Crippen molar-refractivity contribution in [1.82, 2.24) is 4.72 Å². The SMILES string of the molecule is COC(=O)CS(=O)(=O)NCC(C)C(N)=S. The molecule has 0 bridgehead atoms. The average Bonchev–Trinajstić information content (AvgIpc) is 2.13. The standard InChI is InChI=1S/C7H14N2O4S2/c1-5(7(8)14)3-9-15(11,12)4-6(10)13-2/h5,9H,3-4H2,1-2H3,(H2,8,14). The molecule has 0 saturated carbocycles. The number of rotatable bonds is 6. The van der Waals surface area contributed by atoms with E-state index in [1.165, 1.54) is 0 Å². The van der Waals surface area contributed by atoms with Gasteiger partial charge in [-0.3, -0.25) is 4.79 Å². The van der Waals surface area contributed by atoms with Crippen molar-refractivity contribution in [2.75, 3.05) is 19.4 Å². The number of esters is 1. The molecule has 0 saturated heterocycles. The Labute approximate surface area is 94.2 Å². The Bertz CT molecular complexity index is 339. The fourth-order valence-electron chi connectivity index (χ4n) is 0.618. The van der Waals surface area contributed by atoms with Crippen molar-refractivity contribution < 1.29 is 17.9 Å². The zero-order valence-electron chi connectivity index (χ0n) is 8.52. The molecule has 0 radical (unpaired) electrons. The number of sulfonamides is 1. The molecule has 0 aliphatic carbocycles. The van der Waals surface area contributed by atoms with Gasteiger partial charge in [-0.1, -0.05) is 19.1 Å². The van der Waals surface area contributed by atoms with E-state index in [9.17, 15) is 13.2 Å². The Morgan fingerprint density at radius 3 is 2.53 bits per heavy atom. The first-order valence-corrected chi connectivity index (χ1v) is 6.18. The Balaban J connectivity index is 4.17. The predicted octanol–water partition coefficient (Wildman–Crippen LogP) is -0.999. The minimum Gasteiger partial charge on any atom is -0.468 e. The van der Waals surface area contributed by atoms with E-state index in [0.29, 0.717) is 0 Å². The van der Waals surface area contributed by atoms with E-state index in [0.717, 1.165) is 7.11 Å². The van der Waals surface area contributed by atoms with Gasteiger partial charge in [0.1, 0.15) is 0 Å². The van der Waals surface area contributed by atoms with Crippen LogP contribution in [0.3, 0.4) is 0 Å². The first-order valence-electron chi connectivity index (χ1n) is 4.12. The third-order valence-corrected chi connectivity index (χ3v) is 3.26. The maximum absolute atomic E-state index is 11.2.